The van der Waals surface area contributed by atoms with Gasteiger partial charge in [0.1, 0.15) is 21.4 Å². The number of ether oxygens (including phenoxy) is 1. The third-order valence-corrected chi connectivity index (χ3v) is 4.80. The van der Waals surface area contributed by atoms with Gasteiger partial charge in [-0.15, -0.1) is 22.9 Å². The molecule has 23 heavy (non-hydrogen) atoms. The molecule has 3 aromatic rings. The maximum Gasteiger partial charge on any atom is 0.348 e. The van der Waals surface area contributed by atoms with Crippen molar-refractivity contribution in [3.8, 4) is 0 Å². The number of thiophene rings is 1. The molecule has 0 spiro atoms. The zero-order chi connectivity index (χ0) is 16.4. The maximum absolute atomic E-state index is 11.9. The van der Waals surface area contributed by atoms with Crippen LogP contribution in [0.2, 0.25) is 0 Å². The van der Waals surface area contributed by atoms with Gasteiger partial charge in [-0.05, 0) is 19.9 Å². The van der Waals surface area contributed by atoms with E-state index in [0.29, 0.717) is 23.9 Å². The number of hydrogen-bond donors (Lipinski definition) is 0. The van der Waals surface area contributed by atoms with Crippen molar-refractivity contribution in [1.29, 1.82) is 0 Å². The minimum absolute atomic E-state index is 0.309. The van der Waals surface area contributed by atoms with Crippen molar-refractivity contribution in [3.05, 3.63) is 35.0 Å². The Kier molecular flexibility index (Phi) is 4.68. The van der Waals surface area contributed by atoms with Crippen LogP contribution in [0.4, 0.5) is 0 Å². The lowest BCUT2D eigenvalue weighted by atomic mass is 10.4. The molecule has 0 amide bonds. The Labute approximate surface area is 142 Å². The van der Waals surface area contributed by atoms with Crippen molar-refractivity contribution in [2.45, 2.75) is 32.8 Å². The van der Waals surface area contributed by atoms with E-state index in [1.807, 2.05) is 16.8 Å². The number of halogens is 1. The fourth-order valence-corrected chi connectivity index (χ4v) is 3.61. The van der Waals surface area contributed by atoms with Crippen LogP contribution < -0.4 is 0 Å². The van der Waals surface area contributed by atoms with Gasteiger partial charge in [0, 0.05) is 18.9 Å². The van der Waals surface area contributed by atoms with Crippen LogP contribution in [0.1, 0.15) is 35.2 Å². The zero-order valence-electron chi connectivity index (χ0n) is 13.0. The van der Waals surface area contributed by atoms with Crippen LogP contribution in [0, 0.1) is 0 Å². The molecular formula is C15H17ClN4O2S. The van der Waals surface area contributed by atoms with Gasteiger partial charge < -0.3 is 13.9 Å². The summed E-state index contributed by atoms with van der Waals surface area (Å²) in [5, 5.41) is 0. The second kappa shape index (κ2) is 6.72. The molecule has 0 bridgehead atoms. The number of rotatable bonds is 6. The Hall–Kier alpha value is -1.86. The Morgan fingerprint density at radius 2 is 2.22 bits per heavy atom. The van der Waals surface area contributed by atoms with E-state index in [2.05, 4.69) is 21.5 Å². The van der Waals surface area contributed by atoms with Gasteiger partial charge in [-0.2, -0.15) is 0 Å². The predicted molar refractivity (Wildman–Crippen MR) is 90.1 cm³/mol. The molecule has 0 saturated heterocycles. The van der Waals surface area contributed by atoms with E-state index in [-0.39, 0.29) is 5.97 Å². The van der Waals surface area contributed by atoms with Crippen molar-refractivity contribution >= 4 is 39.3 Å². The number of carbonyl (C=O) groups excluding carboxylic acids is 1. The molecule has 6 nitrogen and oxygen atoms in total. The number of hydrogen-bond acceptors (Lipinski definition) is 5. The maximum atomic E-state index is 11.9. The molecule has 3 heterocycles. The first-order chi connectivity index (χ1) is 11.2. The van der Waals surface area contributed by atoms with Crippen molar-refractivity contribution in [2.24, 2.45) is 0 Å². The molecule has 3 aromatic heterocycles. The summed E-state index contributed by atoms with van der Waals surface area (Å²) in [5.74, 6) is 1.70. The summed E-state index contributed by atoms with van der Waals surface area (Å²) < 4.78 is 9.14. The Morgan fingerprint density at radius 3 is 2.91 bits per heavy atom. The van der Waals surface area contributed by atoms with Gasteiger partial charge in [0.25, 0.3) is 0 Å². The third kappa shape index (κ3) is 2.98. The normalized spacial score (nSPS) is 11.3. The molecule has 0 aliphatic carbocycles. The quantitative estimate of drug-likeness (QED) is 0.504. The summed E-state index contributed by atoms with van der Waals surface area (Å²) in [6.07, 6.45) is 3.73. The van der Waals surface area contributed by atoms with Gasteiger partial charge in [-0.25, -0.2) is 14.8 Å². The van der Waals surface area contributed by atoms with Gasteiger partial charge in [0.2, 0.25) is 0 Å². The van der Waals surface area contributed by atoms with Gasteiger partial charge in [0.15, 0.2) is 0 Å². The fraction of sp³-hybridized carbons (Fsp3) is 0.400. The molecule has 0 aromatic carbocycles. The number of aromatic nitrogens is 4. The van der Waals surface area contributed by atoms with Gasteiger partial charge in [0.05, 0.1) is 24.5 Å². The number of esters is 1. The van der Waals surface area contributed by atoms with E-state index in [4.69, 9.17) is 16.3 Å². The Bertz CT molecular complexity index is 836. The lowest BCUT2D eigenvalue weighted by Crippen LogP contribution is -2.10. The molecule has 8 heteroatoms. The fourth-order valence-electron chi connectivity index (χ4n) is 2.46. The lowest BCUT2D eigenvalue weighted by Gasteiger charge is -2.08. The Balaban J connectivity index is 2.01. The second-order valence-corrected chi connectivity index (χ2v) is 6.20. The molecule has 0 radical (unpaired) electrons. The first kappa shape index (κ1) is 16.0. The number of nitrogens with zero attached hydrogens (tertiary/aromatic N) is 4. The summed E-state index contributed by atoms with van der Waals surface area (Å²) in [7, 11) is 0. The average molecular weight is 353 g/mol. The summed E-state index contributed by atoms with van der Waals surface area (Å²) in [6.45, 7) is 5.63. The van der Waals surface area contributed by atoms with Gasteiger partial charge in [-0.3, -0.25) is 0 Å². The van der Waals surface area contributed by atoms with Gasteiger partial charge in [-0.1, -0.05) is 0 Å². The molecule has 0 fully saturated rings. The molecular weight excluding hydrogens is 336 g/mol. The SMILES string of the molecule is CCOC(=O)c1cc2c(nc(CCl)n2Cc2nccn2CC)s1. The van der Waals surface area contributed by atoms with Crippen molar-refractivity contribution < 1.29 is 9.53 Å². The highest BCUT2D eigenvalue weighted by atomic mass is 35.5. The molecule has 0 saturated carbocycles. The molecule has 3 rings (SSSR count). The van der Waals surface area contributed by atoms with Crippen LogP contribution in [0.5, 0.6) is 0 Å². The smallest absolute Gasteiger partial charge is 0.348 e. The summed E-state index contributed by atoms with van der Waals surface area (Å²) in [6, 6.07) is 1.82. The minimum atomic E-state index is -0.315. The van der Waals surface area contributed by atoms with E-state index in [1.54, 1.807) is 13.1 Å². The van der Waals surface area contributed by atoms with Crippen LogP contribution in [-0.2, 0) is 23.7 Å². The summed E-state index contributed by atoms with van der Waals surface area (Å²) in [5.41, 5.74) is 0.888. The molecule has 0 N–H and O–H groups in total. The first-order valence-corrected chi connectivity index (χ1v) is 8.75. The Morgan fingerprint density at radius 1 is 1.39 bits per heavy atom. The summed E-state index contributed by atoms with van der Waals surface area (Å²) >= 11 is 7.35. The average Bonchev–Trinajstić information content (AvgIpc) is 3.23. The van der Waals surface area contributed by atoms with Crippen LogP contribution in [0.25, 0.3) is 10.3 Å². The van der Waals surface area contributed by atoms with E-state index in [9.17, 15) is 4.79 Å². The molecule has 0 aliphatic rings. The summed E-state index contributed by atoms with van der Waals surface area (Å²) in [4.78, 5) is 22.2. The number of carbonyl (C=O) groups is 1. The van der Waals surface area contributed by atoms with Crippen LogP contribution in [-0.4, -0.2) is 31.7 Å². The highest BCUT2D eigenvalue weighted by Crippen LogP contribution is 2.28. The van der Waals surface area contributed by atoms with Crippen molar-refractivity contribution in [1.82, 2.24) is 19.1 Å². The zero-order valence-corrected chi connectivity index (χ0v) is 14.5. The lowest BCUT2D eigenvalue weighted by molar-refractivity contribution is 0.0532. The van der Waals surface area contributed by atoms with Crippen LogP contribution in [0.15, 0.2) is 18.5 Å². The number of aryl methyl sites for hydroxylation is 1. The minimum Gasteiger partial charge on any atom is -0.462 e. The van der Waals surface area contributed by atoms with E-state index < -0.39 is 0 Å². The van der Waals surface area contributed by atoms with E-state index >= 15 is 0 Å². The number of imidazole rings is 2. The standard InChI is InChI=1S/C15H17ClN4O2S/c1-3-19-6-5-17-13(19)9-20-10-7-11(15(21)22-4-2)23-14(10)18-12(20)8-16/h5-7H,3-4,8-9H2,1-2H3. The second-order valence-electron chi connectivity index (χ2n) is 4.90. The molecule has 0 unspecified atom stereocenters. The van der Waals surface area contributed by atoms with Crippen LogP contribution >= 0.6 is 22.9 Å². The largest absolute Gasteiger partial charge is 0.462 e. The van der Waals surface area contributed by atoms with Gasteiger partial charge >= 0.3 is 5.97 Å². The monoisotopic (exact) mass is 352 g/mol. The van der Waals surface area contributed by atoms with Crippen molar-refractivity contribution in [3.63, 3.8) is 0 Å². The first-order valence-electron chi connectivity index (χ1n) is 7.39. The topological polar surface area (TPSA) is 61.9 Å². The highest BCUT2D eigenvalue weighted by molar-refractivity contribution is 7.20. The molecule has 0 atom stereocenters. The van der Waals surface area contributed by atoms with Crippen LogP contribution in [0.3, 0.4) is 0 Å². The van der Waals surface area contributed by atoms with E-state index in [1.165, 1.54) is 11.3 Å². The predicted octanol–water partition coefficient (Wildman–Crippen LogP) is 3.28. The third-order valence-electron chi connectivity index (χ3n) is 3.56. The number of fused-ring (bicyclic) bond motifs is 1. The molecule has 0 aliphatic heterocycles. The van der Waals surface area contributed by atoms with E-state index in [0.717, 1.165) is 28.5 Å². The number of alkyl halides is 1. The highest BCUT2D eigenvalue weighted by Gasteiger charge is 2.19. The van der Waals surface area contributed by atoms with Crippen molar-refractivity contribution in [2.75, 3.05) is 6.61 Å². The molecule has 122 valence electrons.